The number of anilines is 2. The first-order valence-corrected chi connectivity index (χ1v) is 6.55. The summed E-state index contributed by atoms with van der Waals surface area (Å²) in [5.41, 5.74) is 5.30. The molecule has 0 atom stereocenters. The summed E-state index contributed by atoms with van der Waals surface area (Å²) in [6.07, 6.45) is 0. The number of hydrogen-bond acceptors (Lipinski definition) is 5. The maximum absolute atomic E-state index is 11.2. The smallest absolute Gasteiger partial charge is 0.236 e. The van der Waals surface area contributed by atoms with E-state index >= 15 is 0 Å². The summed E-state index contributed by atoms with van der Waals surface area (Å²) in [5.74, 6) is 2.23. The topological polar surface area (TPSA) is 84.1 Å². The number of aromatic nitrogens is 2. The maximum atomic E-state index is 11.2. The number of nitrogens with two attached hydrogens (primary N) is 1. The molecule has 0 aliphatic heterocycles. The van der Waals surface area contributed by atoms with Gasteiger partial charge in [0.05, 0.1) is 6.54 Å². The molecule has 0 radical (unpaired) electrons. The third-order valence-corrected chi connectivity index (χ3v) is 2.44. The van der Waals surface area contributed by atoms with E-state index in [0.717, 1.165) is 24.7 Å². The van der Waals surface area contributed by atoms with Gasteiger partial charge in [0.1, 0.15) is 17.5 Å². The second-order valence-electron chi connectivity index (χ2n) is 4.93. The average Bonchev–Trinajstić information content (AvgIpc) is 2.26. The Morgan fingerprint density at radius 2 is 2.16 bits per heavy atom. The normalized spacial score (nSPS) is 10.6. The van der Waals surface area contributed by atoms with E-state index < -0.39 is 0 Å². The van der Waals surface area contributed by atoms with Crippen molar-refractivity contribution in [1.82, 2.24) is 9.97 Å². The molecule has 3 N–H and O–H groups in total. The van der Waals surface area contributed by atoms with E-state index in [0.29, 0.717) is 11.7 Å². The highest BCUT2D eigenvalue weighted by molar-refractivity contribution is 5.79. The van der Waals surface area contributed by atoms with E-state index in [1.54, 1.807) is 0 Å². The van der Waals surface area contributed by atoms with Crippen LogP contribution in [-0.4, -0.2) is 35.5 Å². The van der Waals surface area contributed by atoms with Gasteiger partial charge in [-0.15, -0.1) is 0 Å². The van der Waals surface area contributed by atoms with Crippen LogP contribution >= 0.6 is 0 Å². The van der Waals surface area contributed by atoms with Gasteiger partial charge in [-0.2, -0.15) is 0 Å². The highest BCUT2D eigenvalue weighted by Gasteiger charge is 2.14. The third-order valence-electron chi connectivity index (χ3n) is 2.44. The van der Waals surface area contributed by atoms with Crippen molar-refractivity contribution in [3.8, 4) is 0 Å². The van der Waals surface area contributed by atoms with Crippen LogP contribution in [0.3, 0.4) is 0 Å². The van der Waals surface area contributed by atoms with Gasteiger partial charge < -0.3 is 16.0 Å². The van der Waals surface area contributed by atoms with Gasteiger partial charge in [-0.3, -0.25) is 4.79 Å². The van der Waals surface area contributed by atoms with Crippen LogP contribution in [0.15, 0.2) is 6.07 Å². The summed E-state index contributed by atoms with van der Waals surface area (Å²) in [6, 6.07) is 1.85. The molecule has 0 fully saturated rings. The predicted molar refractivity (Wildman–Crippen MR) is 77.2 cm³/mol. The van der Waals surface area contributed by atoms with Crippen molar-refractivity contribution in [2.24, 2.45) is 11.7 Å². The van der Waals surface area contributed by atoms with Gasteiger partial charge in [0.2, 0.25) is 5.91 Å². The second-order valence-corrected chi connectivity index (χ2v) is 4.93. The molecule has 0 saturated heterocycles. The molecule has 0 aliphatic carbocycles. The van der Waals surface area contributed by atoms with Crippen LogP contribution in [0.25, 0.3) is 0 Å². The SMILES string of the molecule is CCNc1cc(N(CC(N)=O)CC(C)C)nc(C)n1. The molecule has 106 valence electrons. The monoisotopic (exact) mass is 265 g/mol. The number of amides is 1. The van der Waals surface area contributed by atoms with E-state index in [-0.39, 0.29) is 12.5 Å². The molecule has 0 aliphatic rings. The molecule has 0 bridgehead atoms. The zero-order chi connectivity index (χ0) is 14.4. The largest absolute Gasteiger partial charge is 0.370 e. The Morgan fingerprint density at radius 1 is 1.47 bits per heavy atom. The van der Waals surface area contributed by atoms with Crippen molar-refractivity contribution >= 4 is 17.5 Å². The Kier molecular flexibility index (Phi) is 5.54. The van der Waals surface area contributed by atoms with Gasteiger partial charge in [0, 0.05) is 19.2 Å². The molecule has 19 heavy (non-hydrogen) atoms. The molecule has 6 heteroatoms. The lowest BCUT2D eigenvalue weighted by atomic mass is 10.2. The summed E-state index contributed by atoms with van der Waals surface area (Å²) in [7, 11) is 0. The van der Waals surface area contributed by atoms with Crippen LogP contribution in [0, 0.1) is 12.8 Å². The summed E-state index contributed by atoms with van der Waals surface area (Å²) in [5, 5.41) is 3.16. The van der Waals surface area contributed by atoms with Gasteiger partial charge in [-0.1, -0.05) is 13.8 Å². The molecule has 0 unspecified atom stereocenters. The standard InChI is InChI=1S/C13H23N5O/c1-5-15-12-6-13(17-10(4)16-12)18(7-9(2)3)8-11(14)19/h6,9H,5,7-8H2,1-4H3,(H2,14,19)(H,15,16,17). The minimum atomic E-state index is -0.359. The Hall–Kier alpha value is -1.85. The second kappa shape index (κ2) is 6.92. The molecule has 1 heterocycles. The molecule has 1 aromatic heterocycles. The fraction of sp³-hybridized carbons (Fsp3) is 0.615. The fourth-order valence-electron chi connectivity index (χ4n) is 1.85. The van der Waals surface area contributed by atoms with Gasteiger partial charge in [-0.05, 0) is 19.8 Å². The molecule has 1 rings (SSSR count). The Morgan fingerprint density at radius 3 is 2.68 bits per heavy atom. The van der Waals surface area contributed by atoms with Gasteiger partial charge >= 0.3 is 0 Å². The van der Waals surface area contributed by atoms with Gasteiger partial charge in [0.15, 0.2) is 0 Å². The Labute approximate surface area is 114 Å². The first-order chi connectivity index (χ1) is 8.92. The lowest BCUT2D eigenvalue weighted by Gasteiger charge is -2.24. The van der Waals surface area contributed by atoms with E-state index in [1.807, 2.05) is 24.8 Å². The maximum Gasteiger partial charge on any atom is 0.236 e. The van der Waals surface area contributed by atoms with Crippen molar-refractivity contribution in [2.45, 2.75) is 27.7 Å². The van der Waals surface area contributed by atoms with Crippen LogP contribution in [0.2, 0.25) is 0 Å². The van der Waals surface area contributed by atoms with Gasteiger partial charge in [-0.25, -0.2) is 9.97 Å². The predicted octanol–water partition coefficient (Wildman–Crippen LogP) is 1.16. The third kappa shape index (κ3) is 5.11. The van der Waals surface area contributed by atoms with Crippen molar-refractivity contribution in [3.63, 3.8) is 0 Å². The lowest BCUT2D eigenvalue weighted by molar-refractivity contribution is -0.116. The average molecular weight is 265 g/mol. The molecule has 0 spiro atoms. The first kappa shape index (κ1) is 15.2. The zero-order valence-electron chi connectivity index (χ0n) is 12.1. The molecule has 0 saturated carbocycles. The minimum Gasteiger partial charge on any atom is -0.370 e. The van der Waals surface area contributed by atoms with E-state index in [4.69, 9.17) is 5.73 Å². The lowest BCUT2D eigenvalue weighted by Crippen LogP contribution is -2.37. The summed E-state index contributed by atoms with van der Waals surface area (Å²) >= 11 is 0. The number of aryl methyl sites for hydroxylation is 1. The number of nitrogens with one attached hydrogen (secondary N) is 1. The molecule has 0 aromatic carbocycles. The fourth-order valence-corrected chi connectivity index (χ4v) is 1.85. The van der Waals surface area contributed by atoms with Crippen LogP contribution in [0.1, 0.15) is 26.6 Å². The number of primary amides is 1. The first-order valence-electron chi connectivity index (χ1n) is 6.55. The van der Waals surface area contributed by atoms with Crippen molar-refractivity contribution < 1.29 is 4.79 Å². The number of carbonyl (C=O) groups is 1. The summed E-state index contributed by atoms with van der Waals surface area (Å²) < 4.78 is 0. The summed E-state index contributed by atoms with van der Waals surface area (Å²) in [6.45, 7) is 9.70. The quantitative estimate of drug-likeness (QED) is 0.773. The minimum absolute atomic E-state index is 0.167. The van der Waals surface area contributed by atoms with Gasteiger partial charge in [0.25, 0.3) is 0 Å². The highest BCUT2D eigenvalue weighted by atomic mass is 16.1. The Bertz CT molecular complexity index is 433. The van der Waals surface area contributed by atoms with Crippen LogP contribution in [-0.2, 0) is 4.79 Å². The Balaban J connectivity index is 3.02. The van der Waals surface area contributed by atoms with Crippen molar-refractivity contribution in [3.05, 3.63) is 11.9 Å². The number of hydrogen-bond donors (Lipinski definition) is 2. The van der Waals surface area contributed by atoms with Crippen LogP contribution in [0.4, 0.5) is 11.6 Å². The number of nitrogens with zero attached hydrogens (tertiary/aromatic N) is 3. The molecule has 1 aromatic rings. The number of rotatable bonds is 7. The van der Waals surface area contributed by atoms with Crippen LogP contribution in [0.5, 0.6) is 0 Å². The van der Waals surface area contributed by atoms with Crippen LogP contribution < -0.4 is 16.0 Å². The summed E-state index contributed by atoms with van der Waals surface area (Å²) in [4.78, 5) is 21.8. The highest BCUT2D eigenvalue weighted by Crippen LogP contribution is 2.17. The molecule has 6 nitrogen and oxygen atoms in total. The van der Waals surface area contributed by atoms with E-state index in [2.05, 4.69) is 29.1 Å². The zero-order valence-corrected chi connectivity index (χ0v) is 12.1. The van der Waals surface area contributed by atoms with Crippen molar-refractivity contribution in [1.29, 1.82) is 0 Å². The van der Waals surface area contributed by atoms with E-state index in [9.17, 15) is 4.79 Å². The molecular formula is C13H23N5O. The van der Waals surface area contributed by atoms with E-state index in [1.165, 1.54) is 0 Å². The number of carbonyl (C=O) groups excluding carboxylic acids is 1. The molecule has 1 amide bonds. The van der Waals surface area contributed by atoms with Crippen molar-refractivity contribution in [2.75, 3.05) is 29.9 Å². The molecular weight excluding hydrogens is 242 g/mol.